The van der Waals surface area contributed by atoms with Crippen LogP contribution in [0.2, 0.25) is 0 Å². The quantitative estimate of drug-likeness (QED) is 0.831. The van der Waals surface area contributed by atoms with Crippen molar-refractivity contribution in [2.75, 3.05) is 13.7 Å². The first-order chi connectivity index (χ1) is 7.19. The molecule has 0 radical (unpaired) electrons. The molecule has 0 heterocycles. The van der Waals surface area contributed by atoms with E-state index in [0.717, 1.165) is 0 Å². The highest BCUT2D eigenvalue weighted by molar-refractivity contribution is 5.50. The van der Waals surface area contributed by atoms with Crippen molar-refractivity contribution in [1.29, 1.82) is 0 Å². The van der Waals surface area contributed by atoms with Crippen LogP contribution in [-0.4, -0.2) is 13.7 Å². The molecule has 0 amide bonds. The molecule has 1 rings (SSSR count). The minimum Gasteiger partial charge on any atom is -0.380 e. The number of benzene rings is 1. The standard InChI is InChI=1S/C11H13F2NO/c1-15-7-9-10(12)5-8(3-2-4-14)6-11(9)13/h2-3,5-6H,4,7,14H2,1H3/b3-2+. The van der Waals surface area contributed by atoms with Gasteiger partial charge in [-0.15, -0.1) is 0 Å². The average Bonchev–Trinajstić information content (AvgIpc) is 2.20. The van der Waals surface area contributed by atoms with E-state index in [0.29, 0.717) is 12.1 Å². The summed E-state index contributed by atoms with van der Waals surface area (Å²) in [7, 11) is 1.39. The smallest absolute Gasteiger partial charge is 0.132 e. The summed E-state index contributed by atoms with van der Waals surface area (Å²) in [5.41, 5.74) is 5.64. The molecule has 0 aliphatic heterocycles. The molecule has 0 aromatic heterocycles. The maximum Gasteiger partial charge on any atom is 0.132 e. The van der Waals surface area contributed by atoms with Gasteiger partial charge in [0, 0.05) is 19.2 Å². The second-order valence-corrected chi connectivity index (χ2v) is 3.03. The molecule has 0 atom stereocenters. The van der Waals surface area contributed by atoms with Gasteiger partial charge < -0.3 is 10.5 Å². The first-order valence-electron chi connectivity index (χ1n) is 4.52. The molecule has 0 saturated carbocycles. The molecule has 0 fully saturated rings. The molecule has 15 heavy (non-hydrogen) atoms. The molecule has 0 unspecified atom stereocenters. The molecule has 0 aliphatic carbocycles. The Morgan fingerprint density at radius 1 is 1.33 bits per heavy atom. The average molecular weight is 213 g/mol. The van der Waals surface area contributed by atoms with E-state index < -0.39 is 11.6 Å². The lowest BCUT2D eigenvalue weighted by molar-refractivity contribution is 0.177. The highest BCUT2D eigenvalue weighted by Crippen LogP contribution is 2.17. The lowest BCUT2D eigenvalue weighted by atomic mass is 10.1. The van der Waals surface area contributed by atoms with Crippen molar-refractivity contribution in [1.82, 2.24) is 0 Å². The maximum absolute atomic E-state index is 13.3. The van der Waals surface area contributed by atoms with Crippen LogP contribution in [0, 0.1) is 11.6 Å². The van der Waals surface area contributed by atoms with Crippen LogP contribution in [0.4, 0.5) is 8.78 Å². The van der Waals surface area contributed by atoms with Crippen molar-refractivity contribution in [2.45, 2.75) is 6.61 Å². The van der Waals surface area contributed by atoms with Gasteiger partial charge in [0.05, 0.1) is 6.61 Å². The van der Waals surface area contributed by atoms with Gasteiger partial charge in [-0.1, -0.05) is 12.2 Å². The van der Waals surface area contributed by atoms with Crippen LogP contribution in [-0.2, 0) is 11.3 Å². The third kappa shape index (κ3) is 3.11. The Hall–Kier alpha value is -1.26. The summed E-state index contributed by atoms with van der Waals surface area (Å²) in [6, 6.07) is 2.51. The zero-order valence-electron chi connectivity index (χ0n) is 8.47. The number of hydrogen-bond donors (Lipinski definition) is 1. The Morgan fingerprint density at radius 2 is 1.93 bits per heavy atom. The molecular formula is C11H13F2NO. The van der Waals surface area contributed by atoms with Crippen molar-refractivity contribution in [3.63, 3.8) is 0 Å². The molecule has 0 aliphatic rings. The Kier molecular flexibility index (Phi) is 4.39. The van der Waals surface area contributed by atoms with E-state index in [1.165, 1.54) is 19.2 Å². The van der Waals surface area contributed by atoms with E-state index in [2.05, 4.69) is 0 Å². The van der Waals surface area contributed by atoms with Crippen molar-refractivity contribution in [3.8, 4) is 0 Å². The predicted molar refractivity (Wildman–Crippen MR) is 55.2 cm³/mol. The van der Waals surface area contributed by atoms with Crippen LogP contribution in [0.3, 0.4) is 0 Å². The van der Waals surface area contributed by atoms with E-state index in [-0.39, 0.29) is 12.2 Å². The Morgan fingerprint density at radius 3 is 2.40 bits per heavy atom. The molecule has 82 valence electrons. The van der Waals surface area contributed by atoms with Gasteiger partial charge in [-0.2, -0.15) is 0 Å². The molecule has 0 spiro atoms. The van der Waals surface area contributed by atoms with Crippen LogP contribution in [0.5, 0.6) is 0 Å². The summed E-state index contributed by atoms with van der Waals surface area (Å²) in [5.74, 6) is -1.21. The van der Waals surface area contributed by atoms with E-state index >= 15 is 0 Å². The Labute approximate surface area is 87.4 Å². The van der Waals surface area contributed by atoms with Gasteiger partial charge in [-0.25, -0.2) is 8.78 Å². The van der Waals surface area contributed by atoms with Crippen molar-refractivity contribution in [3.05, 3.63) is 41.0 Å². The van der Waals surface area contributed by atoms with Crippen molar-refractivity contribution in [2.24, 2.45) is 5.73 Å². The van der Waals surface area contributed by atoms with Gasteiger partial charge in [0.25, 0.3) is 0 Å². The van der Waals surface area contributed by atoms with Gasteiger partial charge in [0.15, 0.2) is 0 Å². The highest BCUT2D eigenvalue weighted by atomic mass is 19.1. The fourth-order valence-corrected chi connectivity index (χ4v) is 1.21. The van der Waals surface area contributed by atoms with Crippen LogP contribution in [0.25, 0.3) is 6.08 Å². The monoisotopic (exact) mass is 213 g/mol. The van der Waals surface area contributed by atoms with Crippen LogP contribution < -0.4 is 5.73 Å². The molecule has 2 N–H and O–H groups in total. The van der Waals surface area contributed by atoms with Gasteiger partial charge in [0.1, 0.15) is 11.6 Å². The van der Waals surface area contributed by atoms with E-state index in [9.17, 15) is 8.78 Å². The Balaban J connectivity index is 3.02. The SMILES string of the molecule is COCc1c(F)cc(/C=C/CN)cc1F. The predicted octanol–water partition coefficient (Wildman–Crippen LogP) is 2.08. The molecule has 0 saturated heterocycles. The fourth-order valence-electron chi connectivity index (χ4n) is 1.21. The minimum atomic E-state index is -0.603. The number of hydrogen-bond acceptors (Lipinski definition) is 2. The molecule has 1 aromatic rings. The minimum absolute atomic E-state index is 0.0533. The summed E-state index contributed by atoms with van der Waals surface area (Å²) in [6.07, 6.45) is 3.20. The third-order valence-corrected chi connectivity index (χ3v) is 1.90. The van der Waals surface area contributed by atoms with Gasteiger partial charge in [-0.05, 0) is 17.7 Å². The van der Waals surface area contributed by atoms with Crippen molar-refractivity contribution >= 4 is 6.08 Å². The summed E-state index contributed by atoms with van der Waals surface area (Å²) in [5, 5.41) is 0. The van der Waals surface area contributed by atoms with Gasteiger partial charge in [-0.3, -0.25) is 0 Å². The molecular weight excluding hydrogens is 200 g/mol. The maximum atomic E-state index is 13.3. The van der Waals surface area contributed by atoms with E-state index in [1.807, 2.05) is 0 Å². The number of methoxy groups -OCH3 is 1. The van der Waals surface area contributed by atoms with Crippen LogP contribution >= 0.6 is 0 Å². The third-order valence-electron chi connectivity index (χ3n) is 1.90. The molecule has 1 aromatic carbocycles. The Bertz CT molecular complexity index is 341. The fraction of sp³-hybridized carbons (Fsp3) is 0.273. The van der Waals surface area contributed by atoms with Gasteiger partial charge >= 0.3 is 0 Å². The van der Waals surface area contributed by atoms with Crippen molar-refractivity contribution < 1.29 is 13.5 Å². The largest absolute Gasteiger partial charge is 0.380 e. The second-order valence-electron chi connectivity index (χ2n) is 3.03. The molecule has 2 nitrogen and oxygen atoms in total. The lowest BCUT2D eigenvalue weighted by Crippen LogP contribution is -1.98. The normalized spacial score (nSPS) is 11.2. The summed E-state index contributed by atoms with van der Waals surface area (Å²) >= 11 is 0. The summed E-state index contributed by atoms with van der Waals surface area (Å²) in [4.78, 5) is 0. The molecule has 4 heteroatoms. The zero-order chi connectivity index (χ0) is 11.3. The lowest BCUT2D eigenvalue weighted by Gasteiger charge is -2.04. The highest BCUT2D eigenvalue weighted by Gasteiger charge is 2.09. The first-order valence-corrected chi connectivity index (χ1v) is 4.52. The number of rotatable bonds is 4. The number of nitrogens with two attached hydrogens (primary N) is 1. The van der Waals surface area contributed by atoms with Crippen LogP contribution in [0.15, 0.2) is 18.2 Å². The van der Waals surface area contributed by atoms with Crippen LogP contribution in [0.1, 0.15) is 11.1 Å². The second kappa shape index (κ2) is 5.58. The van der Waals surface area contributed by atoms with E-state index in [4.69, 9.17) is 10.5 Å². The van der Waals surface area contributed by atoms with Gasteiger partial charge in [0.2, 0.25) is 0 Å². The number of ether oxygens (including phenoxy) is 1. The summed E-state index contributed by atoms with van der Waals surface area (Å²) in [6.45, 7) is 0.265. The number of halogens is 2. The first kappa shape index (κ1) is 11.8. The topological polar surface area (TPSA) is 35.2 Å². The summed E-state index contributed by atoms with van der Waals surface area (Å²) < 4.78 is 31.4. The van der Waals surface area contributed by atoms with E-state index in [1.54, 1.807) is 12.2 Å². The zero-order valence-corrected chi connectivity index (χ0v) is 8.47. The molecule has 0 bridgehead atoms.